The zero-order chi connectivity index (χ0) is 19.1. The highest BCUT2D eigenvalue weighted by Gasteiger charge is 2.16. The molecule has 0 spiro atoms. The van der Waals surface area contributed by atoms with Gasteiger partial charge in [-0.05, 0) is 23.8 Å². The van der Waals surface area contributed by atoms with Crippen molar-refractivity contribution in [2.24, 2.45) is 0 Å². The van der Waals surface area contributed by atoms with Crippen molar-refractivity contribution in [3.8, 4) is 28.4 Å². The third-order valence-corrected chi connectivity index (χ3v) is 4.44. The minimum Gasteiger partial charge on any atom is -0.497 e. The van der Waals surface area contributed by atoms with E-state index in [2.05, 4.69) is 9.88 Å². The van der Waals surface area contributed by atoms with Gasteiger partial charge < -0.3 is 24.1 Å². The van der Waals surface area contributed by atoms with E-state index in [4.69, 9.17) is 18.9 Å². The van der Waals surface area contributed by atoms with Gasteiger partial charge >= 0.3 is 0 Å². The second-order valence-electron chi connectivity index (χ2n) is 6.35. The summed E-state index contributed by atoms with van der Waals surface area (Å²) in [6.45, 7) is 3.85. The second kappa shape index (κ2) is 9.55. The van der Waals surface area contributed by atoms with Crippen molar-refractivity contribution < 1.29 is 24.1 Å². The number of aliphatic hydroxyl groups is 1. The standard InChI is InChI=1S/C20H26N2O5/c1-24-17-9-15(19-12-21-4-3-20(19)25-2)10-18(11-17)27-14-16(23)13-22-5-7-26-8-6-22/h3-4,9-12,16,23H,5-8,13-14H2,1-2H3. The van der Waals surface area contributed by atoms with Crippen LogP contribution in [0.4, 0.5) is 0 Å². The minimum absolute atomic E-state index is 0.203. The van der Waals surface area contributed by atoms with E-state index in [0.29, 0.717) is 31.3 Å². The fourth-order valence-electron chi connectivity index (χ4n) is 3.03. The molecule has 0 amide bonds. The monoisotopic (exact) mass is 374 g/mol. The first-order chi connectivity index (χ1) is 13.2. The molecule has 1 N–H and O–H groups in total. The number of aromatic nitrogens is 1. The fraction of sp³-hybridized carbons (Fsp3) is 0.450. The number of morpholine rings is 1. The fourth-order valence-corrected chi connectivity index (χ4v) is 3.03. The van der Waals surface area contributed by atoms with Crippen molar-refractivity contribution in [1.29, 1.82) is 0 Å². The third kappa shape index (κ3) is 5.32. The number of aliphatic hydroxyl groups excluding tert-OH is 1. The largest absolute Gasteiger partial charge is 0.497 e. The number of pyridine rings is 1. The number of benzene rings is 1. The number of hydrogen-bond donors (Lipinski definition) is 1. The topological polar surface area (TPSA) is 73.3 Å². The molecule has 7 heteroatoms. The summed E-state index contributed by atoms with van der Waals surface area (Å²) in [4.78, 5) is 6.35. The van der Waals surface area contributed by atoms with Crippen molar-refractivity contribution in [3.05, 3.63) is 36.7 Å². The molecule has 0 saturated carbocycles. The number of ether oxygens (including phenoxy) is 4. The summed E-state index contributed by atoms with van der Waals surface area (Å²) in [6.07, 6.45) is 2.85. The minimum atomic E-state index is -0.578. The lowest BCUT2D eigenvalue weighted by Crippen LogP contribution is -2.42. The Bertz CT molecular complexity index is 734. The van der Waals surface area contributed by atoms with Gasteiger partial charge in [-0.15, -0.1) is 0 Å². The van der Waals surface area contributed by atoms with E-state index in [1.165, 1.54) is 0 Å². The molecule has 2 heterocycles. The van der Waals surface area contributed by atoms with Crippen molar-refractivity contribution >= 4 is 0 Å². The average Bonchev–Trinajstić information content (AvgIpc) is 2.72. The SMILES string of the molecule is COc1cc(OCC(O)CN2CCOCC2)cc(-c2cnccc2OC)c1. The Balaban J connectivity index is 1.69. The molecule has 7 nitrogen and oxygen atoms in total. The molecule has 1 saturated heterocycles. The smallest absolute Gasteiger partial charge is 0.129 e. The maximum atomic E-state index is 10.3. The Hall–Kier alpha value is -2.35. The van der Waals surface area contributed by atoms with Gasteiger partial charge in [0.25, 0.3) is 0 Å². The normalized spacial score (nSPS) is 16.0. The highest BCUT2D eigenvalue weighted by atomic mass is 16.5. The molecule has 146 valence electrons. The predicted octanol–water partition coefficient (Wildman–Crippen LogP) is 1.84. The molecule has 0 aliphatic carbocycles. The van der Waals surface area contributed by atoms with Gasteiger partial charge in [0, 0.05) is 43.7 Å². The maximum Gasteiger partial charge on any atom is 0.129 e. The molecule has 1 aromatic carbocycles. The molecular weight excluding hydrogens is 348 g/mol. The highest BCUT2D eigenvalue weighted by Crippen LogP contribution is 2.34. The second-order valence-corrected chi connectivity index (χ2v) is 6.35. The van der Waals surface area contributed by atoms with Crippen LogP contribution in [0.25, 0.3) is 11.1 Å². The lowest BCUT2D eigenvalue weighted by molar-refractivity contribution is 0.00464. The van der Waals surface area contributed by atoms with Gasteiger partial charge in [-0.3, -0.25) is 9.88 Å². The molecule has 1 aliphatic heterocycles. The van der Waals surface area contributed by atoms with Crippen LogP contribution in [0.15, 0.2) is 36.7 Å². The van der Waals surface area contributed by atoms with Crippen molar-refractivity contribution in [2.45, 2.75) is 6.10 Å². The van der Waals surface area contributed by atoms with Crippen molar-refractivity contribution in [2.75, 3.05) is 53.7 Å². The quantitative estimate of drug-likeness (QED) is 0.756. The first-order valence-corrected chi connectivity index (χ1v) is 8.98. The Kier molecular flexibility index (Phi) is 6.86. The summed E-state index contributed by atoms with van der Waals surface area (Å²) in [6, 6.07) is 7.40. The molecule has 27 heavy (non-hydrogen) atoms. The van der Waals surface area contributed by atoms with E-state index in [1.54, 1.807) is 38.7 Å². The van der Waals surface area contributed by atoms with Crippen LogP contribution in [-0.4, -0.2) is 74.8 Å². The van der Waals surface area contributed by atoms with Crippen LogP contribution in [0.5, 0.6) is 17.2 Å². The molecule has 2 aromatic rings. The zero-order valence-corrected chi connectivity index (χ0v) is 15.8. The summed E-state index contributed by atoms with van der Waals surface area (Å²) in [5, 5.41) is 10.3. The molecular formula is C20H26N2O5. The van der Waals surface area contributed by atoms with E-state index in [0.717, 1.165) is 30.0 Å². The lowest BCUT2D eigenvalue weighted by atomic mass is 10.1. The van der Waals surface area contributed by atoms with Gasteiger partial charge in [-0.1, -0.05) is 0 Å². The Morgan fingerprint density at radius 1 is 1.15 bits per heavy atom. The third-order valence-electron chi connectivity index (χ3n) is 4.44. The summed E-state index contributed by atoms with van der Waals surface area (Å²) >= 11 is 0. The number of β-amino-alcohol motifs (C(OH)–C–C–N with tert-alkyl or cyclic N) is 1. The van der Waals surface area contributed by atoms with Crippen LogP contribution in [0.3, 0.4) is 0 Å². The van der Waals surface area contributed by atoms with Crippen LogP contribution < -0.4 is 14.2 Å². The molecule has 1 unspecified atom stereocenters. The van der Waals surface area contributed by atoms with Gasteiger partial charge in [0.1, 0.15) is 30.0 Å². The molecule has 0 radical (unpaired) electrons. The molecule has 1 aliphatic rings. The summed E-state index contributed by atoms with van der Waals surface area (Å²) in [7, 11) is 3.23. The Morgan fingerprint density at radius 3 is 2.67 bits per heavy atom. The molecule has 3 rings (SSSR count). The first-order valence-electron chi connectivity index (χ1n) is 8.98. The molecule has 1 fully saturated rings. The average molecular weight is 374 g/mol. The van der Waals surface area contributed by atoms with E-state index in [9.17, 15) is 5.11 Å². The Morgan fingerprint density at radius 2 is 1.93 bits per heavy atom. The van der Waals surface area contributed by atoms with Crippen molar-refractivity contribution in [1.82, 2.24) is 9.88 Å². The van der Waals surface area contributed by atoms with E-state index >= 15 is 0 Å². The highest BCUT2D eigenvalue weighted by molar-refractivity contribution is 5.72. The molecule has 0 bridgehead atoms. The van der Waals surface area contributed by atoms with Crippen molar-refractivity contribution in [3.63, 3.8) is 0 Å². The molecule has 1 atom stereocenters. The van der Waals surface area contributed by atoms with Crippen LogP contribution in [0, 0.1) is 0 Å². The van der Waals surface area contributed by atoms with Gasteiger partial charge in [-0.25, -0.2) is 0 Å². The lowest BCUT2D eigenvalue weighted by Gasteiger charge is -2.28. The predicted molar refractivity (Wildman–Crippen MR) is 102 cm³/mol. The van der Waals surface area contributed by atoms with Gasteiger partial charge in [-0.2, -0.15) is 0 Å². The Labute approximate surface area is 159 Å². The first kappa shape index (κ1) is 19.4. The van der Waals surface area contributed by atoms with Gasteiger partial charge in [0.2, 0.25) is 0 Å². The maximum absolute atomic E-state index is 10.3. The van der Waals surface area contributed by atoms with Crippen LogP contribution in [-0.2, 0) is 4.74 Å². The number of methoxy groups -OCH3 is 2. The van der Waals surface area contributed by atoms with Crippen LogP contribution in [0.1, 0.15) is 0 Å². The van der Waals surface area contributed by atoms with Gasteiger partial charge in [0.15, 0.2) is 0 Å². The molecule has 1 aromatic heterocycles. The summed E-state index contributed by atoms with van der Waals surface area (Å²) in [5.41, 5.74) is 1.72. The van der Waals surface area contributed by atoms with E-state index < -0.39 is 6.10 Å². The summed E-state index contributed by atoms with van der Waals surface area (Å²) in [5.74, 6) is 2.00. The number of hydrogen-bond acceptors (Lipinski definition) is 7. The number of nitrogens with zero attached hydrogens (tertiary/aromatic N) is 2. The number of rotatable bonds is 8. The van der Waals surface area contributed by atoms with Crippen LogP contribution >= 0.6 is 0 Å². The zero-order valence-electron chi connectivity index (χ0n) is 15.8. The van der Waals surface area contributed by atoms with Crippen LogP contribution in [0.2, 0.25) is 0 Å². The van der Waals surface area contributed by atoms with Gasteiger partial charge in [0.05, 0.1) is 27.4 Å². The van der Waals surface area contributed by atoms with E-state index in [-0.39, 0.29) is 6.61 Å². The van der Waals surface area contributed by atoms with E-state index in [1.807, 2.05) is 12.1 Å². The summed E-state index contributed by atoms with van der Waals surface area (Å²) < 4.78 is 22.0.